The first-order valence-electron chi connectivity index (χ1n) is 10.9. The summed E-state index contributed by atoms with van der Waals surface area (Å²) in [6, 6.07) is 9.66. The molecule has 1 fully saturated rings. The summed E-state index contributed by atoms with van der Waals surface area (Å²) in [7, 11) is -2.15. The van der Waals surface area contributed by atoms with Crippen LogP contribution >= 0.6 is 11.3 Å². The molecule has 1 N–H and O–H groups in total. The summed E-state index contributed by atoms with van der Waals surface area (Å²) in [5, 5.41) is 4.66. The SMILES string of the molecule is CC1CCCC(NC(=O)COC(=O)COc2ccc(N(C)S(=O)(=O)c3cccs3)cc2)C1C. The number of amides is 1. The van der Waals surface area contributed by atoms with Gasteiger partial charge in [0.05, 0.1) is 5.69 Å². The van der Waals surface area contributed by atoms with Crippen LogP contribution in [0.15, 0.2) is 46.0 Å². The number of hydrogen-bond donors (Lipinski definition) is 1. The number of rotatable bonds is 9. The van der Waals surface area contributed by atoms with Crippen LogP contribution in [-0.2, 0) is 24.3 Å². The fraction of sp³-hybridized carbons (Fsp3) is 0.478. The summed E-state index contributed by atoms with van der Waals surface area (Å²) in [6.07, 6.45) is 3.19. The monoisotopic (exact) mass is 494 g/mol. The molecule has 0 saturated heterocycles. The lowest BCUT2D eigenvalue weighted by atomic mass is 9.78. The lowest BCUT2D eigenvalue weighted by Crippen LogP contribution is -2.45. The van der Waals surface area contributed by atoms with E-state index in [0.717, 1.165) is 24.2 Å². The second-order valence-electron chi connectivity index (χ2n) is 8.29. The number of hydrogen-bond acceptors (Lipinski definition) is 7. The maximum atomic E-state index is 12.6. The molecule has 2 aromatic rings. The van der Waals surface area contributed by atoms with Crippen molar-refractivity contribution in [2.24, 2.45) is 11.8 Å². The van der Waals surface area contributed by atoms with Crippen molar-refractivity contribution in [1.29, 1.82) is 0 Å². The first kappa shape index (κ1) is 25.0. The van der Waals surface area contributed by atoms with Crippen LogP contribution in [0.25, 0.3) is 0 Å². The molecule has 180 valence electrons. The van der Waals surface area contributed by atoms with Gasteiger partial charge in [0, 0.05) is 13.1 Å². The normalized spacial score (nSPS) is 20.6. The maximum absolute atomic E-state index is 12.6. The van der Waals surface area contributed by atoms with E-state index in [2.05, 4.69) is 19.2 Å². The van der Waals surface area contributed by atoms with Gasteiger partial charge in [-0.05, 0) is 54.0 Å². The van der Waals surface area contributed by atoms with Crippen molar-refractivity contribution in [2.75, 3.05) is 24.6 Å². The van der Waals surface area contributed by atoms with Crippen LogP contribution in [0.4, 0.5) is 5.69 Å². The summed E-state index contributed by atoms with van der Waals surface area (Å²) >= 11 is 1.15. The van der Waals surface area contributed by atoms with Gasteiger partial charge in [-0.1, -0.05) is 32.8 Å². The number of benzene rings is 1. The van der Waals surface area contributed by atoms with Gasteiger partial charge in [-0.15, -0.1) is 11.3 Å². The van der Waals surface area contributed by atoms with Crippen LogP contribution < -0.4 is 14.4 Å². The Labute approximate surface area is 198 Å². The van der Waals surface area contributed by atoms with Crippen LogP contribution in [0, 0.1) is 11.8 Å². The Kier molecular flexibility index (Phi) is 8.36. The number of nitrogens with one attached hydrogen (secondary N) is 1. The van der Waals surface area contributed by atoms with Crippen LogP contribution in [-0.4, -0.2) is 46.6 Å². The summed E-state index contributed by atoms with van der Waals surface area (Å²) in [5.74, 6) is 0.364. The smallest absolute Gasteiger partial charge is 0.344 e. The third kappa shape index (κ3) is 6.48. The fourth-order valence-corrected chi connectivity index (χ4v) is 6.16. The number of anilines is 1. The highest BCUT2D eigenvalue weighted by Gasteiger charge is 2.28. The van der Waals surface area contributed by atoms with E-state index < -0.39 is 16.0 Å². The van der Waals surface area contributed by atoms with E-state index in [9.17, 15) is 18.0 Å². The van der Waals surface area contributed by atoms with E-state index in [-0.39, 0.29) is 29.4 Å². The van der Waals surface area contributed by atoms with Crippen molar-refractivity contribution < 1.29 is 27.5 Å². The number of carbonyl (C=O) groups excluding carboxylic acids is 2. The van der Waals surface area contributed by atoms with Crippen molar-refractivity contribution in [3.8, 4) is 5.75 Å². The Morgan fingerprint density at radius 2 is 1.85 bits per heavy atom. The van der Waals surface area contributed by atoms with Gasteiger partial charge >= 0.3 is 5.97 Å². The zero-order chi connectivity index (χ0) is 24.0. The number of carbonyl (C=O) groups is 2. The second kappa shape index (κ2) is 11.0. The Balaban J connectivity index is 1.43. The van der Waals surface area contributed by atoms with Gasteiger partial charge in [0.25, 0.3) is 15.9 Å². The average molecular weight is 495 g/mol. The Morgan fingerprint density at radius 1 is 1.12 bits per heavy atom. The molecular weight excluding hydrogens is 464 g/mol. The van der Waals surface area contributed by atoms with E-state index >= 15 is 0 Å². The summed E-state index contributed by atoms with van der Waals surface area (Å²) in [4.78, 5) is 24.1. The van der Waals surface area contributed by atoms with E-state index in [1.165, 1.54) is 17.8 Å². The molecule has 3 rings (SSSR count). The molecule has 1 aliphatic rings. The van der Waals surface area contributed by atoms with Crippen molar-refractivity contribution in [3.63, 3.8) is 0 Å². The molecule has 1 saturated carbocycles. The first-order chi connectivity index (χ1) is 15.7. The molecule has 0 bridgehead atoms. The van der Waals surface area contributed by atoms with Crippen molar-refractivity contribution in [1.82, 2.24) is 5.32 Å². The highest BCUT2D eigenvalue weighted by molar-refractivity contribution is 7.94. The fourth-order valence-electron chi connectivity index (χ4n) is 3.80. The molecule has 0 spiro atoms. The van der Waals surface area contributed by atoms with Gasteiger partial charge in [0.15, 0.2) is 13.2 Å². The minimum Gasteiger partial charge on any atom is -0.482 e. The third-order valence-corrected chi connectivity index (χ3v) is 9.24. The maximum Gasteiger partial charge on any atom is 0.344 e. The van der Waals surface area contributed by atoms with Gasteiger partial charge in [0.2, 0.25) is 0 Å². The average Bonchev–Trinajstić information content (AvgIpc) is 3.35. The number of sulfonamides is 1. The molecule has 3 atom stereocenters. The second-order valence-corrected chi connectivity index (χ2v) is 11.4. The van der Waals surface area contributed by atoms with Gasteiger partial charge in [-0.25, -0.2) is 13.2 Å². The third-order valence-electron chi connectivity index (χ3n) is 6.08. The largest absolute Gasteiger partial charge is 0.482 e. The molecule has 33 heavy (non-hydrogen) atoms. The predicted octanol–water partition coefficient (Wildman–Crippen LogP) is 3.44. The summed E-state index contributed by atoms with van der Waals surface area (Å²) < 4.78 is 37.0. The van der Waals surface area contributed by atoms with Gasteiger partial charge in [0.1, 0.15) is 9.96 Å². The number of ether oxygens (including phenoxy) is 2. The zero-order valence-corrected chi connectivity index (χ0v) is 20.7. The van der Waals surface area contributed by atoms with Crippen LogP contribution in [0.1, 0.15) is 33.1 Å². The molecule has 1 aromatic carbocycles. The van der Waals surface area contributed by atoms with E-state index in [0.29, 0.717) is 23.3 Å². The lowest BCUT2D eigenvalue weighted by Gasteiger charge is -2.34. The molecule has 0 radical (unpaired) electrons. The van der Waals surface area contributed by atoms with E-state index in [4.69, 9.17) is 9.47 Å². The molecule has 1 aromatic heterocycles. The Morgan fingerprint density at radius 3 is 2.52 bits per heavy atom. The number of esters is 1. The van der Waals surface area contributed by atoms with Crippen LogP contribution in [0.3, 0.4) is 0 Å². The quantitative estimate of drug-likeness (QED) is 0.536. The minimum atomic E-state index is -3.62. The van der Waals surface area contributed by atoms with Crippen molar-refractivity contribution in [3.05, 3.63) is 41.8 Å². The minimum absolute atomic E-state index is 0.108. The van der Waals surface area contributed by atoms with Crippen LogP contribution in [0.2, 0.25) is 0 Å². The zero-order valence-electron chi connectivity index (χ0n) is 19.0. The van der Waals surface area contributed by atoms with Crippen molar-refractivity contribution in [2.45, 2.75) is 43.4 Å². The summed E-state index contributed by atoms with van der Waals surface area (Å²) in [6.45, 7) is 3.62. The van der Waals surface area contributed by atoms with Gasteiger partial charge in [-0.3, -0.25) is 9.10 Å². The highest BCUT2D eigenvalue weighted by atomic mass is 32.2. The lowest BCUT2D eigenvalue weighted by molar-refractivity contribution is -0.150. The molecule has 1 amide bonds. The molecule has 0 aliphatic heterocycles. The molecule has 10 heteroatoms. The van der Waals surface area contributed by atoms with E-state index in [1.807, 2.05) is 0 Å². The Bertz CT molecular complexity index is 1040. The summed E-state index contributed by atoms with van der Waals surface area (Å²) in [5.41, 5.74) is 0.459. The molecule has 1 heterocycles. The van der Waals surface area contributed by atoms with Crippen LogP contribution in [0.5, 0.6) is 5.75 Å². The number of thiophene rings is 1. The molecule has 1 aliphatic carbocycles. The van der Waals surface area contributed by atoms with Gasteiger partial charge in [-0.2, -0.15) is 0 Å². The standard InChI is InChI=1S/C23H30N2O6S2/c1-16-6-4-7-20(17(16)2)24-21(26)14-31-22(27)15-30-19-11-9-18(10-12-19)25(3)33(28,29)23-8-5-13-32-23/h5,8-13,16-17,20H,4,6-7,14-15H2,1-3H3,(H,24,26). The predicted molar refractivity (Wildman–Crippen MR) is 127 cm³/mol. The molecular formula is C23H30N2O6S2. The first-order valence-corrected chi connectivity index (χ1v) is 13.2. The van der Waals surface area contributed by atoms with Crippen molar-refractivity contribution >= 4 is 38.9 Å². The number of nitrogens with zero attached hydrogens (tertiary/aromatic N) is 1. The van der Waals surface area contributed by atoms with E-state index in [1.54, 1.807) is 41.8 Å². The van der Waals surface area contributed by atoms with Gasteiger partial charge < -0.3 is 14.8 Å². The molecule has 3 unspecified atom stereocenters. The topological polar surface area (TPSA) is 102 Å². The Hall–Kier alpha value is -2.59. The highest BCUT2D eigenvalue weighted by Crippen LogP contribution is 2.29. The molecule has 8 nitrogen and oxygen atoms in total.